The molecule has 0 radical (unpaired) electrons. The minimum atomic E-state index is -0.533. The Balaban J connectivity index is 2.28. The molecule has 0 fully saturated rings. The van der Waals surface area contributed by atoms with Crippen LogP contribution < -0.4 is 5.32 Å². The first-order chi connectivity index (χ1) is 10.1. The van der Waals surface area contributed by atoms with Crippen molar-refractivity contribution in [3.05, 3.63) is 33.6 Å². The van der Waals surface area contributed by atoms with Gasteiger partial charge in [0.15, 0.2) is 11.5 Å². The molecule has 5 nitrogen and oxygen atoms in total. The van der Waals surface area contributed by atoms with Crippen LogP contribution in [0.5, 0.6) is 0 Å². The van der Waals surface area contributed by atoms with E-state index in [1.54, 1.807) is 18.3 Å². The number of halogens is 3. The van der Waals surface area contributed by atoms with Gasteiger partial charge in [0.2, 0.25) is 5.95 Å². The summed E-state index contributed by atoms with van der Waals surface area (Å²) in [7, 11) is 0. The van der Waals surface area contributed by atoms with E-state index in [2.05, 4.69) is 41.4 Å². The Bertz CT molecular complexity index is 820. The Morgan fingerprint density at radius 3 is 2.95 bits per heavy atom. The smallest absolute Gasteiger partial charge is 0.225 e. The molecular weight excluding hydrogens is 361 g/mol. The van der Waals surface area contributed by atoms with Crippen molar-refractivity contribution in [2.75, 3.05) is 11.9 Å². The predicted molar refractivity (Wildman–Crippen MR) is 84.0 cm³/mol. The van der Waals surface area contributed by atoms with Crippen molar-refractivity contribution < 1.29 is 4.39 Å². The number of hydrogen-bond acceptors (Lipinski definition) is 4. The Morgan fingerprint density at radius 1 is 1.38 bits per heavy atom. The first-order valence-electron chi connectivity index (χ1n) is 6.20. The highest BCUT2D eigenvalue weighted by atomic mass is 79.9. The maximum atomic E-state index is 14.4. The number of benzene rings is 1. The average Bonchev–Trinajstić information content (AvgIpc) is 2.93. The highest BCUT2D eigenvalue weighted by Crippen LogP contribution is 2.35. The lowest BCUT2D eigenvalue weighted by Gasteiger charge is -2.09. The van der Waals surface area contributed by atoms with Gasteiger partial charge in [-0.05, 0) is 35.0 Å². The highest BCUT2D eigenvalue weighted by Gasteiger charge is 2.17. The number of anilines is 1. The maximum absolute atomic E-state index is 14.4. The van der Waals surface area contributed by atoms with Crippen LogP contribution in [-0.4, -0.2) is 26.7 Å². The van der Waals surface area contributed by atoms with E-state index >= 15 is 0 Å². The fraction of sp³-hybridized carbons (Fsp3) is 0.154. The van der Waals surface area contributed by atoms with Crippen LogP contribution in [0.15, 0.2) is 22.8 Å². The monoisotopic (exact) mass is 369 g/mol. The second-order valence-electron chi connectivity index (χ2n) is 4.28. The molecule has 0 saturated carbocycles. The number of aromatic nitrogens is 4. The van der Waals surface area contributed by atoms with Gasteiger partial charge in [0.05, 0.1) is 22.3 Å². The molecule has 2 aromatic heterocycles. The molecule has 21 heavy (non-hydrogen) atoms. The molecule has 0 saturated heterocycles. The normalized spacial score (nSPS) is 11.0. The number of nitrogens with zero attached hydrogens (tertiary/aromatic N) is 3. The molecule has 8 heteroatoms. The van der Waals surface area contributed by atoms with Gasteiger partial charge < -0.3 is 5.32 Å². The van der Waals surface area contributed by atoms with Gasteiger partial charge in [0.1, 0.15) is 0 Å². The largest absolute Gasteiger partial charge is 0.354 e. The Kier molecular flexibility index (Phi) is 3.77. The maximum Gasteiger partial charge on any atom is 0.225 e. The lowest BCUT2D eigenvalue weighted by molar-refractivity contribution is 0.630. The average molecular weight is 371 g/mol. The van der Waals surface area contributed by atoms with E-state index in [0.717, 1.165) is 0 Å². The number of rotatable bonds is 3. The van der Waals surface area contributed by atoms with Gasteiger partial charge >= 0.3 is 0 Å². The summed E-state index contributed by atoms with van der Waals surface area (Å²) >= 11 is 9.15. The van der Waals surface area contributed by atoms with E-state index in [1.165, 1.54) is 0 Å². The van der Waals surface area contributed by atoms with Crippen molar-refractivity contribution in [3.63, 3.8) is 0 Å². The Hall–Kier alpha value is -1.73. The number of nitrogens with one attached hydrogen (secondary N) is 2. The van der Waals surface area contributed by atoms with Gasteiger partial charge in [-0.15, -0.1) is 0 Å². The summed E-state index contributed by atoms with van der Waals surface area (Å²) in [6.45, 7) is 2.58. The van der Waals surface area contributed by atoms with Crippen LogP contribution in [0, 0.1) is 5.82 Å². The fourth-order valence-electron chi connectivity index (χ4n) is 1.99. The molecule has 3 rings (SSSR count). The molecular formula is C13H10BrClFN5. The molecule has 0 atom stereocenters. The minimum Gasteiger partial charge on any atom is -0.354 e. The van der Waals surface area contributed by atoms with Crippen molar-refractivity contribution in [2.24, 2.45) is 0 Å². The Morgan fingerprint density at radius 2 is 2.19 bits per heavy atom. The van der Waals surface area contributed by atoms with Gasteiger partial charge in [-0.2, -0.15) is 10.1 Å². The highest BCUT2D eigenvalue weighted by molar-refractivity contribution is 9.10. The zero-order chi connectivity index (χ0) is 15.0. The van der Waals surface area contributed by atoms with Gasteiger partial charge in [-0.25, -0.2) is 9.37 Å². The van der Waals surface area contributed by atoms with Gasteiger partial charge in [0, 0.05) is 16.6 Å². The standard InChI is InChI=1S/C13H10BrClFN5/c1-2-17-13-19-11(7-5-18-21-12(7)20-13)6-3-4-8(14)9(15)10(6)16/h3-5H,2H2,1H3,(H2,17,18,19,20,21). The van der Waals surface area contributed by atoms with E-state index in [9.17, 15) is 4.39 Å². The van der Waals surface area contributed by atoms with E-state index in [1.807, 2.05) is 6.92 Å². The molecule has 0 aliphatic carbocycles. The summed E-state index contributed by atoms with van der Waals surface area (Å²) in [5.74, 6) is -0.127. The molecule has 3 aromatic rings. The summed E-state index contributed by atoms with van der Waals surface area (Å²) in [5, 5.41) is 10.4. The van der Waals surface area contributed by atoms with Gasteiger partial charge in [-0.1, -0.05) is 11.6 Å². The molecule has 1 aromatic carbocycles. The molecule has 0 aliphatic rings. The molecule has 0 bridgehead atoms. The summed E-state index contributed by atoms with van der Waals surface area (Å²) in [5.41, 5.74) is 1.28. The third kappa shape index (κ3) is 2.47. The quantitative estimate of drug-likeness (QED) is 0.684. The van der Waals surface area contributed by atoms with Gasteiger partial charge in [0.25, 0.3) is 0 Å². The predicted octanol–water partition coefficient (Wildman–Crippen LogP) is 4.01. The molecule has 0 unspecified atom stereocenters. The summed E-state index contributed by atoms with van der Waals surface area (Å²) in [6.07, 6.45) is 1.57. The van der Waals surface area contributed by atoms with E-state index in [-0.39, 0.29) is 5.02 Å². The third-order valence-electron chi connectivity index (χ3n) is 2.93. The zero-order valence-corrected chi connectivity index (χ0v) is 13.3. The van der Waals surface area contributed by atoms with Crippen LogP contribution in [0.2, 0.25) is 5.02 Å². The van der Waals surface area contributed by atoms with Crippen molar-refractivity contribution in [1.29, 1.82) is 0 Å². The van der Waals surface area contributed by atoms with E-state index < -0.39 is 5.82 Å². The second kappa shape index (κ2) is 5.57. The van der Waals surface area contributed by atoms with Crippen molar-refractivity contribution >= 4 is 44.5 Å². The number of aromatic amines is 1. The Labute approximate surface area is 133 Å². The van der Waals surface area contributed by atoms with Crippen molar-refractivity contribution in [3.8, 4) is 11.3 Å². The first kappa shape index (κ1) is 14.2. The summed E-state index contributed by atoms with van der Waals surface area (Å²) in [4.78, 5) is 8.64. The van der Waals surface area contributed by atoms with Crippen LogP contribution in [0.4, 0.5) is 10.3 Å². The van der Waals surface area contributed by atoms with E-state index in [0.29, 0.717) is 39.3 Å². The van der Waals surface area contributed by atoms with Crippen molar-refractivity contribution in [2.45, 2.75) is 6.92 Å². The SMILES string of the molecule is CCNc1nc(-c2ccc(Br)c(Cl)c2F)c2cn[nH]c2n1. The molecule has 108 valence electrons. The summed E-state index contributed by atoms with van der Waals surface area (Å²) in [6, 6.07) is 3.30. The second-order valence-corrected chi connectivity index (χ2v) is 5.51. The zero-order valence-electron chi connectivity index (χ0n) is 10.9. The fourth-order valence-corrected chi connectivity index (χ4v) is 2.46. The molecule has 0 aliphatic heterocycles. The molecule has 2 heterocycles. The molecule has 0 amide bonds. The molecule has 2 N–H and O–H groups in total. The van der Waals surface area contributed by atoms with Crippen LogP contribution in [0.25, 0.3) is 22.3 Å². The third-order valence-corrected chi connectivity index (χ3v) is 4.19. The first-order valence-corrected chi connectivity index (χ1v) is 7.37. The van der Waals surface area contributed by atoms with Gasteiger partial charge in [-0.3, -0.25) is 5.10 Å². The summed E-state index contributed by atoms with van der Waals surface area (Å²) < 4.78 is 14.9. The molecule has 0 spiro atoms. The van der Waals surface area contributed by atoms with Crippen LogP contribution in [0.1, 0.15) is 6.92 Å². The lowest BCUT2D eigenvalue weighted by Crippen LogP contribution is -2.04. The topological polar surface area (TPSA) is 66.5 Å². The van der Waals surface area contributed by atoms with E-state index in [4.69, 9.17) is 11.6 Å². The number of hydrogen-bond donors (Lipinski definition) is 2. The van der Waals surface area contributed by atoms with Crippen LogP contribution >= 0.6 is 27.5 Å². The minimum absolute atomic E-state index is 0.0211. The number of H-pyrrole nitrogens is 1. The van der Waals surface area contributed by atoms with Crippen molar-refractivity contribution in [1.82, 2.24) is 20.2 Å². The van der Waals surface area contributed by atoms with Crippen LogP contribution in [0.3, 0.4) is 0 Å². The number of fused-ring (bicyclic) bond motifs is 1. The van der Waals surface area contributed by atoms with Crippen LogP contribution in [-0.2, 0) is 0 Å². The lowest BCUT2D eigenvalue weighted by atomic mass is 10.1.